The largest absolute Gasteiger partial charge is 0.508 e. The number of nitrogens with one attached hydrogen (secondary N) is 1. The summed E-state index contributed by atoms with van der Waals surface area (Å²) in [6.07, 6.45) is 1.62. The van der Waals surface area contributed by atoms with Gasteiger partial charge < -0.3 is 25.2 Å². The number of aliphatic hydroxyl groups excluding tert-OH is 1. The molecule has 1 aliphatic heterocycles. The molecule has 2 aromatic rings. The number of hydrogen-bond donors (Lipinski definition) is 4. The van der Waals surface area contributed by atoms with Crippen LogP contribution in [0.5, 0.6) is 0 Å². The Morgan fingerprint density at radius 3 is 3.00 bits per heavy atom. The van der Waals surface area contributed by atoms with Crippen LogP contribution in [-0.2, 0) is 4.74 Å². The van der Waals surface area contributed by atoms with Gasteiger partial charge in [0.1, 0.15) is 0 Å². The molecule has 0 radical (unpaired) electrons. The van der Waals surface area contributed by atoms with Crippen LogP contribution in [0.1, 0.15) is 6.42 Å². The van der Waals surface area contributed by atoms with E-state index < -0.39 is 13.2 Å². The van der Waals surface area contributed by atoms with Crippen LogP contribution in [0.4, 0.5) is 5.95 Å². The van der Waals surface area contributed by atoms with Crippen LogP contribution in [0, 0.1) is 0 Å². The first-order valence-corrected chi connectivity index (χ1v) is 6.38. The Kier molecular flexibility index (Phi) is 3.57. The van der Waals surface area contributed by atoms with E-state index in [0.29, 0.717) is 24.5 Å². The lowest BCUT2D eigenvalue weighted by molar-refractivity contribution is -0.0136. The molecule has 0 amide bonds. The predicted octanol–water partition coefficient (Wildman–Crippen LogP) is -2.03. The number of rotatable bonds is 3. The van der Waals surface area contributed by atoms with Crippen LogP contribution in [0.15, 0.2) is 18.3 Å². The Labute approximate surface area is 115 Å². The molecule has 0 saturated carbocycles. The molecule has 3 rings (SSSR count). The van der Waals surface area contributed by atoms with Crippen molar-refractivity contribution in [2.45, 2.75) is 18.6 Å². The van der Waals surface area contributed by atoms with Crippen molar-refractivity contribution in [3.05, 3.63) is 18.3 Å². The van der Waals surface area contributed by atoms with Crippen molar-refractivity contribution in [1.82, 2.24) is 14.6 Å². The maximum Gasteiger partial charge on any atom is 0.508 e. The number of aliphatic hydroxyl groups is 1. The van der Waals surface area contributed by atoms with Crippen LogP contribution in [-0.4, -0.2) is 62.2 Å². The highest BCUT2D eigenvalue weighted by molar-refractivity contribution is 6.57. The van der Waals surface area contributed by atoms with Gasteiger partial charge in [0.15, 0.2) is 0 Å². The predicted molar refractivity (Wildman–Crippen MR) is 71.7 cm³/mol. The second kappa shape index (κ2) is 5.37. The number of hydrogen-bond acceptors (Lipinski definition) is 7. The SMILES string of the molecule is OB(O)c1ccc2cnc(N[C@@H]3CCOC[C@H]3O)nn12. The van der Waals surface area contributed by atoms with E-state index in [-0.39, 0.29) is 18.2 Å². The zero-order chi connectivity index (χ0) is 14.1. The topological polar surface area (TPSA) is 112 Å². The third kappa shape index (κ3) is 2.48. The van der Waals surface area contributed by atoms with Gasteiger partial charge in [-0.2, -0.15) is 0 Å². The smallest absolute Gasteiger partial charge is 0.422 e. The summed E-state index contributed by atoms with van der Waals surface area (Å²) in [5.41, 5.74) is 0.921. The van der Waals surface area contributed by atoms with Crippen molar-refractivity contribution in [3.8, 4) is 0 Å². The summed E-state index contributed by atoms with van der Waals surface area (Å²) in [7, 11) is -1.60. The van der Waals surface area contributed by atoms with Crippen LogP contribution in [0.3, 0.4) is 0 Å². The molecule has 1 fully saturated rings. The molecule has 2 atom stereocenters. The molecule has 8 nitrogen and oxygen atoms in total. The number of aromatic nitrogens is 3. The van der Waals surface area contributed by atoms with Gasteiger partial charge in [0.25, 0.3) is 0 Å². The fourth-order valence-electron chi connectivity index (χ4n) is 2.24. The van der Waals surface area contributed by atoms with Crippen LogP contribution < -0.4 is 10.9 Å². The fraction of sp³-hybridized carbons (Fsp3) is 0.455. The molecule has 9 heteroatoms. The Balaban J connectivity index is 1.86. The molecule has 4 N–H and O–H groups in total. The third-order valence-corrected chi connectivity index (χ3v) is 3.33. The van der Waals surface area contributed by atoms with Crippen molar-refractivity contribution < 1.29 is 19.9 Å². The maximum absolute atomic E-state index is 9.82. The summed E-state index contributed by atoms with van der Waals surface area (Å²) in [5.74, 6) is 0.321. The third-order valence-electron chi connectivity index (χ3n) is 3.33. The molecule has 0 unspecified atom stereocenters. The van der Waals surface area contributed by atoms with E-state index in [0.717, 1.165) is 0 Å². The van der Waals surface area contributed by atoms with Gasteiger partial charge in [-0.25, -0.2) is 9.50 Å². The van der Waals surface area contributed by atoms with E-state index in [9.17, 15) is 15.2 Å². The molecule has 0 aliphatic carbocycles. The number of nitrogens with zero attached hydrogens (tertiary/aromatic N) is 3. The standard InChI is InChI=1S/C11H15BN4O4/c17-9-6-20-4-3-8(9)14-11-13-5-7-1-2-10(12(18)19)16(7)15-11/h1-2,5,8-9,17-19H,3-4,6H2,(H,14,15)/t8-,9-/m1/s1. The van der Waals surface area contributed by atoms with Crippen molar-refractivity contribution in [2.24, 2.45) is 0 Å². The number of ether oxygens (including phenoxy) is 1. The zero-order valence-electron chi connectivity index (χ0n) is 10.7. The number of anilines is 1. The molecule has 1 saturated heterocycles. The lowest BCUT2D eigenvalue weighted by Crippen LogP contribution is -2.42. The van der Waals surface area contributed by atoms with E-state index in [1.165, 1.54) is 4.52 Å². The summed E-state index contributed by atoms with van der Waals surface area (Å²) < 4.78 is 6.56. The first kappa shape index (κ1) is 13.3. The van der Waals surface area contributed by atoms with Crippen LogP contribution in [0.25, 0.3) is 5.52 Å². The van der Waals surface area contributed by atoms with Crippen molar-refractivity contribution in [1.29, 1.82) is 0 Å². The van der Waals surface area contributed by atoms with E-state index >= 15 is 0 Å². The number of fused-ring (bicyclic) bond motifs is 1. The first-order chi connectivity index (χ1) is 9.65. The monoisotopic (exact) mass is 278 g/mol. The van der Waals surface area contributed by atoms with Gasteiger partial charge in [0.05, 0.1) is 36.1 Å². The summed E-state index contributed by atoms with van der Waals surface area (Å²) >= 11 is 0. The minimum Gasteiger partial charge on any atom is -0.422 e. The van der Waals surface area contributed by atoms with Gasteiger partial charge >= 0.3 is 7.12 Å². The van der Waals surface area contributed by atoms with Crippen molar-refractivity contribution in [2.75, 3.05) is 18.5 Å². The quantitative estimate of drug-likeness (QED) is 0.479. The van der Waals surface area contributed by atoms with Gasteiger partial charge in [-0.1, -0.05) is 0 Å². The van der Waals surface area contributed by atoms with Gasteiger partial charge in [-0.3, -0.25) is 0 Å². The fourth-order valence-corrected chi connectivity index (χ4v) is 2.24. The highest BCUT2D eigenvalue weighted by atomic mass is 16.5. The van der Waals surface area contributed by atoms with Gasteiger partial charge in [0.2, 0.25) is 5.95 Å². The van der Waals surface area contributed by atoms with Crippen molar-refractivity contribution >= 4 is 24.2 Å². The molecule has 3 heterocycles. The van der Waals surface area contributed by atoms with E-state index in [1.807, 2.05) is 0 Å². The molecule has 20 heavy (non-hydrogen) atoms. The van der Waals surface area contributed by atoms with Gasteiger partial charge in [-0.15, -0.1) is 5.10 Å². The normalized spacial score (nSPS) is 22.9. The summed E-state index contributed by atoms with van der Waals surface area (Å²) in [4.78, 5) is 4.15. The minimum absolute atomic E-state index is 0.181. The molecule has 0 spiro atoms. The Hall–Kier alpha value is -1.68. The average Bonchev–Trinajstić information content (AvgIpc) is 2.84. The lowest BCUT2D eigenvalue weighted by atomic mass is 9.87. The Morgan fingerprint density at radius 1 is 1.40 bits per heavy atom. The van der Waals surface area contributed by atoms with Gasteiger partial charge in [0, 0.05) is 6.61 Å². The maximum atomic E-state index is 9.82. The highest BCUT2D eigenvalue weighted by Gasteiger charge is 2.24. The average molecular weight is 278 g/mol. The zero-order valence-corrected chi connectivity index (χ0v) is 10.7. The Morgan fingerprint density at radius 2 is 2.25 bits per heavy atom. The highest BCUT2D eigenvalue weighted by Crippen LogP contribution is 2.12. The molecule has 2 aromatic heterocycles. The van der Waals surface area contributed by atoms with Crippen molar-refractivity contribution in [3.63, 3.8) is 0 Å². The minimum atomic E-state index is -1.60. The lowest BCUT2D eigenvalue weighted by Gasteiger charge is -2.28. The second-order valence-electron chi connectivity index (χ2n) is 4.73. The van der Waals surface area contributed by atoms with E-state index in [4.69, 9.17) is 4.74 Å². The van der Waals surface area contributed by atoms with Gasteiger partial charge in [-0.05, 0) is 18.6 Å². The molecule has 0 aromatic carbocycles. The summed E-state index contributed by atoms with van der Waals surface area (Å²) in [6.45, 7) is 0.852. The molecule has 0 bridgehead atoms. The summed E-state index contributed by atoms with van der Waals surface area (Å²) in [5, 5.41) is 35.6. The molecular weight excluding hydrogens is 263 g/mol. The Bertz CT molecular complexity index is 605. The van der Waals surface area contributed by atoms with Crippen LogP contribution >= 0.6 is 0 Å². The molecule has 1 aliphatic rings. The first-order valence-electron chi connectivity index (χ1n) is 6.38. The van der Waals surface area contributed by atoms with E-state index in [2.05, 4.69) is 15.4 Å². The second-order valence-corrected chi connectivity index (χ2v) is 4.73. The molecular formula is C11H15BN4O4. The summed E-state index contributed by atoms with van der Waals surface area (Å²) in [6, 6.07) is 3.09. The van der Waals surface area contributed by atoms with Crippen LogP contribution in [0.2, 0.25) is 0 Å². The van der Waals surface area contributed by atoms with E-state index in [1.54, 1.807) is 18.3 Å². The molecule has 106 valence electrons.